The molecule has 2 rings (SSSR count). The second-order valence-electron chi connectivity index (χ2n) is 5.43. The van der Waals surface area contributed by atoms with E-state index in [9.17, 15) is 14.4 Å². The van der Waals surface area contributed by atoms with E-state index in [2.05, 4.69) is 10.1 Å². The van der Waals surface area contributed by atoms with Crippen LogP contribution < -0.4 is 5.32 Å². The van der Waals surface area contributed by atoms with Crippen LogP contribution in [-0.2, 0) is 16.1 Å². The van der Waals surface area contributed by atoms with Crippen LogP contribution in [0.3, 0.4) is 0 Å². The maximum absolute atomic E-state index is 12.2. The fourth-order valence-electron chi connectivity index (χ4n) is 2.64. The van der Waals surface area contributed by atoms with E-state index in [1.54, 1.807) is 17.0 Å². The molecule has 1 aliphatic rings. The number of methoxy groups -OCH3 is 1. The normalized spacial score (nSPS) is 16.9. The third-order valence-corrected chi connectivity index (χ3v) is 3.91. The highest BCUT2D eigenvalue weighted by Crippen LogP contribution is 2.20. The first-order valence-corrected chi connectivity index (χ1v) is 7.44. The molecule has 1 aromatic carbocycles. The predicted molar refractivity (Wildman–Crippen MR) is 82.0 cm³/mol. The zero-order chi connectivity index (χ0) is 16.8. The van der Waals surface area contributed by atoms with Gasteiger partial charge in [-0.05, 0) is 30.5 Å². The molecular formula is C16H20N2O5. The molecule has 7 nitrogen and oxygen atoms in total. The minimum Gasteiger partial charge on any atom is -0.478 e. The van der Waals surface area contributed by atoms with Gasteiger partial charge in [0.25, 0.3) is 0 Å². The van der Waals surface area contributed by atoms with Crippen molar-refractivity contribution >= 4 is 18.0 Å². The lowest BCUT2D eigenvalue weighted by Crippen LogP contribution is -2.43. The molecule has 0 spiro atoms. The van der Waals surface area contributed by atoms with Crippen molar-refractivity contribution < 1.29 is 24.2 Å². The number of carboxylic acid groups (broad SMARTS) is 1. The Labute approximate surface area is 134 Å². The molecule has 1 atom stereocenters. The topological polar surface area (TPSA) is 95.9 Å². The van der Waals surface area contributed by atoms with Crippen molar-refractivity contribution in [2.75, 3.05) is 13.7 Å². The number of nitrogens with zero attached hydrogens (tertiary/aromatic N) is 1. The zero-order valence-electron chi connectivity index (χ0n) is 12.9. The Morgan fingerprint density at radius 2 is 2.00 bits per heavy atom. The third kappa shape index (κ3) is 4.45. The second-order valence-corrected chi connectivity index (χ2v) is 5.43. The summed E-state index contributed by atoms with van der Waals surface area (Å²) < 4.78 is 4.65. The summed E-state index contributed by atoms with van der Waals surface area (Å²) in [6, 6.07) is 5.98. The lowest BCUT2D eigenvalue weighted by molar-refractivity contribution is -0.141. The van der Waals surface area contributed by atoms with Crippen LogP contribution in [0.2, 0.25) is 0 Å². The van der Waals surface area contributed by atoms with Crippen LogP contribution in [-0.4, -0.2) is 47.7 Å². The van der Waals surface area contributed by atoms with Crippen LogP contribution >= 0.6 is 0 Å². The number of carboxylic acids is 1. The molecule has 0 aromatic heterocycles. The highest BCUT2D eigenvalue weighted by atomic mass is 16.5. The van der Waals surface area contributed by atoms with Gasteiger partial charge in [0, 0.05) is 19.1 Å². The van der Waals surface area contributed by atoms with Crippen LogP contribution in [0.1, 0.15) is 35.2 Å². The summed E-state index contributed by atoms with van der Waals surface area (Å²) in [7, 11) is 1.34. The smallest absolute Gasteiger partial charge is 0.335 e. The van der Waals surface area contributed by atoms with E-state index in [1.807, 2.05) is 0 Å². The first-order valence-electron chi connectivity index (χ1n) is 7.44. The number of carbonyl (C=O) groups excluding carboxylic acids is 2. The van der Waals surface area contributed by atoms with Crippen LogP contribution in [0.5, 0.6) is 0 Å². The number of amides is 2. The number of rotatable bonds is 5. The van der Waals surface area contributed by atoms with Crippen molar-refractivity contribution in [1.29, 1.82) is 0 Å². The Hall–Kier alpha value is -2.57. The number of urea groups is 1. The van der Waals surface area contributed by atoms with Crippen LogP contribution in [0.25, 0.3) is 0 Å². The molecule has 0 aliphatic carbocycles. The predicted octanol–water partition coefficient (Wildman–Crippen LogP) is 1.62. The fraction of sp³-hybridized carbons (Fsp3) is 0.438. The van der Waals surface area contributed by atoms with Gasteiger partial charge in [0.05, 0.1) is 19.1 Å². The molecule has 1 fully saturated rings. The van der Waals surface area contributed by atoms with Gasteiger partial charge in [0.15, 0.2) is 0 Å². The molecule has 1 saturated heterocycles. The highest BCUT2D eigenvalue weighted by molar-refractivity contribution is 5.87. The highest BCUT2D eigenvalue weighted by Gasteiger charge is 2.30. The average molecular weight is 320 g/mol. The van der Waals surface area contributed by atoms with Crippen molar-refractivity contribution in [3.8, 4) is 0 Å². The number of nitrogens with one attached hydrogen (secondary N) is 1. The number of aromatic carboxylic acids is 1. The largest absolute Gasteiger partial charge is 0.478 e. The molecule has 0 saturated carbocycles. The molecule has 7 heteroatoms. The van der Waals surface area contributed by atoms with E-state index in [-0.39, 0.29) is 30.0 Å². The third-order valence-electron chi connectivity index (χ3n) is 3.91. The number of hydrogen-bond donors (Lipinski definition) is 2. The number of carbonyl (C=O) groups is 3. The van der Waals surface area contributed by atoms with E-state index < -0.39 is 5.97 Å². The summed E-state index contributed by atoms with van der Waals surface area (Å²) >= 11 is 0. The number of hydrogen-bond acceptors (Lipinski definition) is 4. The monoisotopic (exact) mass is 320 g/mol. The van der Waals surface area contributed by atoms with Gasteiger partial charge >= 0.3 is 18.0 Å². The number of ether oxygens (including phenoxy) is 1. The zero-order valence-corrected chi connectivity index (χ0v) is 12.9. The van der Waals surface area contributed by atoms with Gasteiger partial charge in [-0.25, -0.2) is 9.59 Å². The van der Waals surface area contributed by atoms with Crippen molar-refractivity contribution in [3.05, 3.63) is 35.4 Å². The number of benzene rings is 1. The lowest BCUT2D eigenvalue weighted by Gasteiger charge is -2.24. The van der Waals surface area contributed by atoms with Crippen molar-refractivity contribution in [1.82, 2.24) is 10.2 Å². The first kappa shape index (κ1) is 16.8. The molecule has 1 aliphatic heterocycles. The average Bonchev–Trinajstić information content (AvgIpc) is 3.01. The summed E-state index contributed by atoms with van der Waals surface area (Å²) in [6.45, 7) is 0.922. The van der Waals surface area contributed by atoms with Gasteiger partial charge < -0.3 is 20.1 Å². The Morgan fingerprint density at radius 3 is 2.61 bits per heavy atom. The van der Waals surface area contributed by atoms with Crippen LogP contribution in [0.15, 0.2) is 24.3 Å². The van der Waals surface area contributed by atoms with Crippen molar-refractivity contribution in [2.24, 2.45) is 0 Å². The summed E-state index contributed by atoms with van der Waals surface area (Å²) in [5, 5.41) is 11.6. The first-order chi connectivity index (χ1) is 11.0. The van der Waals surface area contributed by atoms with E-state index in [1.165, 1.54) is 19.2 Å². The van der Waals surface area contributed by atoms with Crippen molar-refractivity contribution in [3.63, 3.8) is 0 Å². The maximum atomic E-state index is 12.2. The molecule has 2 N–H and O–H groups in total. The van der Waals surface area contributed by atoms with E-state index in [0.29, 0.717) is 13.1 Å². The van der Waals surface area contributed by atoms with E-state index in [0.717, 1.165) is 18.4 Å². The fourth-order valence-corrected chi connectivity index (χ4v) is 2.64. The van der Waals surface area contributed by atoms with Crippen LogP contribution in [0, 0.1) is 0 Å². The Bertz CT molecular complexity index is 585. The molecule has 124 valence electrons. The van der Waals surface area contributed by atoms with Gasteiger partial charge in [0.2, 0.25) is 0 Å². The molecule has 1 aromatic rings. The minimum absolute atomic E-state index is 0.128. The van der Waals surface area contributed by atoms with Crippen LogP contribution in [0.4, 0.5) is 4.79 Å². The van der Waals surface area contributed by atoms with E-state index in [4.69, 9.17) is 5.11 Å². The molecule has 0 radical (unpaired) electrons. The van der Waals surface area contributed by atoms with Crippen molar-refractivity contribution in [2.45, 2.75) is 31.8 Å². The lowest BCUT2D eigenvalue weighted by atomic mass is 10.1. The summed E-state index contributed by atoms with van der Waals surface area (Å²) in [5.41, 5.74) is 1.02. The number of likely N-dealkylation sites (tertiary alicyclic amines) is 1. The van der Waals surface area contributed by atoms with E-state index >= 15 is 0 Å². The van der Waals surface area contributed by atoms with Gasteiger partial charge in [-0.15, -0.1) is 0 Å². The molecule has 1 unspecified atom stereocenters. The molecule has 0 bridgehead atoms. The van der Waals surface area contributed by atoms with Gasteiger partial charge in [-0.1, -0.05) is 12.1 Å². The summed E-state index contributed by atoms with van der Waals surface area (Å²) in [4.78, 5) is 36.1. The summed E-state index contributed by atoms with van der Waals surface area (Å²) in [5.74, 6) is -1.30. The number of esters is 1. The second kappa shape index (κ2) is 7.62. The maximum Gasteiger partial charge on any atom is 0.335 e. The molecule has 2 amide bonds. The molecule has 23 heavy (non-hydrogen) atoms. The van der Waals surface area contributed by atoms with Gasteiger partial charge in [0.1, 0.15) is 0 Å². The Kier molecular flexibility index (Phi) is 5.56. The Balaban J connectivity index is 1.88. The van der Waals surface area contributed by atoms with Gasteiger partial charge in [-0.2, -0.15) is 0 Å². The standard InChI is InChI=1S/C16H20N2O5/c1-23-14(19)9-13-3-2-8-18(13)16(22)17-10-11-4-6-12(7-5-11)15(20)21/h4-7,13H,2-3,8-10H2,1H3,(H,17,22)(H,20,21). The SMILES string of the molecule is COC(=O)CC1CCCN1C(=O)NCc1ccc(C(=O)O)cc1. The minimum atomic E-state index is -0.983. The quantitative estimate of drug-likeness (QED) is 0.804. The summed E-state index contributed by atoms with van der Waals surface area (Å²) in [6.07, 6.45) is 1.86. The molecule has 1 heterocycles. The van der Waals surface area contributed by atoms with Gasteiger partial charge in [-0.3, -0.25) is 4.79 Å². The molecular weight excluding hydrogens is 300 g/mol. The Morgan fingerprint density at radius 1 is 1.30 bits per heavy atom.